The maximum Gasteiger partial charge on any atom is 0.318 e. The molecule has 0 aromatic rings. The van der Waals surface area contributed by atoms with Gasteiger partial charge < -0.3 is 5.11 Å². The van der Waals surface area contributed by atoms with E-state index >= 15 is 0 Å². The molecule has 0 bridgehead atoms. The first kappa shape index (κ1) is 8.48. The lowest BCUT2D eigenvalue weighted by Gasteiger charge is -2.00. The molecule has 1 aliphatic carbocycles. The summed E-state index contributed by atoms with van der Waals surface area (Å²) >= 11 is 0. The predicted octanol–water partition coefficient (Wildman–Crippen LogP) is -0.847. The normalized spacial score (nSPS) is 18.2. The Morgan fingerprint density at radius 2 is 2.09 bits per heavy atom. The van der Waals surface area contributed by atoms with E-state index in [9.17, 15) is 13.2 Å². The average molecular weight is 179 g/mol. The summed E-state index contributed by atoms with van der Waals surface area (Å²) in [7, 11) is -3.31. The largest absolute Gasteiger partial charge is 0.480 e. The predicted molar refractivity (Wildman–Crippen MR) is 37.6 cm³/mol. The van der Waals surface area contributed by atoms with Gasteiger partial charge in [0, 0.05) is 0 Å². The number of carboxylic acid groups (broad SMARTS) is 1. The van der Waals surface area contributed by atoms with Gasteiger partial charge in [-0.25, -0.2) is 13.1 Å². The zero-order chi connectivity index (χ0) is 8.48. The van der Waals surface area contributed by atoms with E-state index in [-0.39, 0.29) is 5.25 Å². The molecule has 2 N–H and O–H groups in total. The van der Waals surface area contributed by atoms with E-state index in [4.69, 9.17) is 5.11 Å². The lowest BCUT2D eigenvalue weighted by Crippen LogP contribution is -2.31. The van der Waals surface area contributed by atoms with Crippen LogP contribution in [-0.2, 0) is 14.8 Å². The molecule has 0 atom stereocenters. The Bertz CT molecular complexity index is 254. The van der Waals surface area contributed by atoms with Gasteiger partial charge >= 0.3 is 5.97 Å². The lowest BCUT2D eigenvalue weighted by molar-refractivity contribution is -0.135. The molecule has 0 heterocycles. The smallest absolute Gasteiger partial charge is 0.318 e. The molecule has 1 rings (SSSR count). The van der Waals surface area contributed by atoms with E-state index in [1.54, 1.807) is 0 Å². The summed E-state index contributed by atoms with van der Waals surface area (Å²) in [4.78, 5) is 9.96. The SMILES string of the molecule is O=C(O)CNS(=O)(=O)C1CC1. The number of sulfonamides is 1. The summed E-state index contributed by atoms with van der Waals surface area (Å²) in [5.41, 5.74) is 0. The van der Waals surface area contributed by atoms with Crippen LogP contribution in [0.1, 0.15) is 12.8 Å². The minimum atomic E-state index is -3.31. The van der Waals surface area contributed by atoms with Crippen LogP contribution in [0.15, 0.2) is 0 Å². The first-order valence-electron chi connectivity index (χ1n) is 3.22. The van der Waals surface area contributed by atoms with Gasteiger partial charge in [0.2, 0.25) is 10.0 Å². The molecule has 0 aliphatic heterocycles. The molecule has 0 saturated heterocycles. The first-order valence-corrected chi connectivity index (χ1v) is 4.77. The third-order valence-electron chi connectivity index (χ3n) is 1.39. The average Bonchev–Trinajstić information content (AvgIpc) is 2.64. The van der Waals surface area contributed by atoms with Gasteiger partial charge in [-0.1, -0.05) is 0 Å². The van der Waals surface area contributed by atoms with E-state index in [2.05, 4.69) is 0 Å². The van der Waals surface area contributed by atoms with Crippen LogP contribution in [-0.4, -0.2) is 31.3 Å². The van der Waals surface area contributed by atoms with Crippen LogP contribution in [0, 0.1) is 0 Å². The lowest BCUT2D eigenvalue weighted by atomic mass is 10.7. The molecular formula is C5H9NO4S. The fourth-order valence-corrected chi connectivity index (χ4v) is 1.98. The molecule has 0 radical (unpaired) electrons. The number of carboxylic acids is 1. The van der Waals surface area contributed by atoms with Crippen LogP contribution >= 0.6 is 0 Å². The number of nitrogens with one attached hydrogen (secondary N) is 1. The van der Waals surface area contributed by atoms with Crippen molar-refractivity contribution >= 4 is 16.0 Å². The molecule has 11 heavy (non-hydrogen) atoms. The van der Waals surface area contributed by atoms with E-state index in [0.717, 1.165) is 0 Å². The molecule has 1 saturated carbocycles. The van der Waals surface area contributed by atoms with E-state index in [1.807, 2.05) is 4.72 Å². The summed E-state index contributed by atoms with van der Waals surface area (Å²) in [6, 6.07) is 0. The molecule has 5 nitrogen and oxygen atoms in total. The molecule has 64 valence electrons. The summed E-state index contributed by atoms with van der Waals surface area (Å²) in [5, 5.41) is 7.81. The van der Waals surface area contributed by atoms with Crippen molar-refractivity contribution in [3.05, 3.63) is 0 Å². The van der Waals surface area contributed by atoms with Crippen molar-refractivity contribution < 1.29 is 18.3 Å². The highest BCUT2D eigenvalue weighted by molar-refractivity contribution is 7.90. The third kappa shape index (κ3) is 2.47. The van der Waals surface area contributed by atoms with Crippen LogP contribution in [0.5, 0.6) is 0 Å². The third-order valence-corrected chi connectivity index (χ3v) is 3.28. The van der Waals surface area contributed by atoms with Crippen molar-refractivity contribution in [1.82, 2.24) is 4.72 Å². The van der Waals surface area contributed by atoms with Crippen LogP contribution in [0.25, 0.3) is 0 Å². The highest BCUT2D eigenvalue weighted by atomic mass is 32.2. The Morgan fingerprint density at radius 1 is 1.55 bits per heavy atom. The van der Waals surface area contributed by atoms with Crippen LogP contribution in [0.4, 0.5) is 0 Å². The summed E-state index contributed by atoms with van der Waals surface area (Å²) in [6.07, 6.45) is 1.30. The van der Waals surface area contributed by atoms with Gasteiger partial charge in [0.15, 0.2) is 0 Å². The molecule has 1 fully saturated rings. The van der Waals surface area contributed by atoms with Gasteiger partial charge in [0.05, 0.1) is 5.25 Å². The van der Waals surface area contributed by atoms with Gasteiger partial charge in [0.25, 0.3) is 0 Å². The van der Waals surface area contributed by atoms with Crippen molar-refractivity contribution in [3.63, 3.8) is 0 Å². The fourth-order valence-electron chi connectivity index (χ4n) is 0.659. The van der Waals surface area contributed by atoms with Crippen LogP contribution in [0.3, 0.4) is 0 Å². The molecule has 1 aliphatic rings. The quantitative estimate of drug-likeness (QED) is 0.589. The number of aliphatic carboxylic acids is 1. The highest BCUT2D eigenvalue weighted by Crippen LogP contribution is 2.26. The van der Waals surface area contributed by atoms with Gasteiger partial charge in [-0.05, 0) is 12.8 Å². The van der Waals surface area contributed by atoms with E-state index in [0.29, 0.717) is 12.8 Å². The number of carbonyl (C=O) groups is 1. The number of hydrogen-bond donors (Lipinski definition) is 2. The number of hydrogen-bond acceptors (Lipinski definition) is 3. The van der Waals surface area contributed by atoms with Gasteiger partial charge in [-0.15, -0.1) is 0 Å². The maximum absolute atomic E-state index is 10.9. The fraction of sp³-hybridized carbons (Fsp3) is 0.800. The molecule has 0 aromatic carbocycles. The highest BCUT2D eigenvalue weighted by Gasteiger charge is 2.35. The Morgan fingerprint density at radius 3 is 2.45 bits per heavy atom. The van der Waals surface area contributed by atoms with Crippen molar-refractivity contribution in [2.45, 2.75) is 18.1 Å². The minimum absolute atomic E-state index is 0.346. The molecule has 0 spiro atoms. The van der Waals surface area contributed by atoms with Gasteiger partial charge in [-0.2, -0.15) is 0 Å². The molecule has 0 aromatic heterocycles. The van der Waals surface area contributed by atoms with Crippen molar-refractivity contribution in [1.29, 1.82) is 0 Å². The number of rotatable bonds is 4. The first-order chi connectivity index (χ1) is 5.02. The summed E-state index contributed by atoms with van der Waals surface area (Å²) in [5.74, 6) is -1.16. The minimum Gasteiger partial charge on any atom is -0.480 e. The standard InChI is InChI=1S/C5H9NO4S/c7-5(8)3-6-11(9,10)4-1-2-4/h4,6H,1-3H2,(H,7,8). The molecule has 0 unspecified atom stereocenters. The molecule has 0 amide bonds. The molecule has 6 heteroatoms. The van der Waals surface area contributed by atoms with E-state index in [1.165, 1.54) is 0 Å². The van der Waals surface area contributed by atoms with E-state index < -0.39 is 22.5 Å². The Labute approximate surface area is 64.5 Å². The zero-order valence-corrected chi connectivity index (χ0v) is 6.60. The summed E-state index contributed by atoms with van der Waals surface area (Å²) in [6.45, 7) is -0.515. The van der Waals surface area contributed by atoms with Gasteiger partial charge in [-0.3, -0.25) is 4.79 Å². The van der Waals surface area contributed by atoms with Gasteiger partial charge in [0.1, 0.15) is 6.54 Å². The second kappa shape index (κ2) is 2.78. The summed E-state index contributed by atoms with van der Waals surface area (Å²) < 4.78 is 23.8. The zero-order valence-electron chi connectivity index (χ0n) is 5.78. The maximum atomic E-state index is 10.9. The second-order valence-corrected chi connectivity index (χ2v) is 4.50. The second-order valence-electron chi connectivity index (χ2n) is 2.46. The van der Waals surface area contributed by atoms with Crippen molar-refractivity contribution in [2.75, 3.05) is 6.54 Å². The Kier molecular flexibility index (Phi) is 2.15. The Hall–Kier alpha value is -0.620. The van der Waals surface area contributed by atoms with Crippen LogP contribution < -0.4 is 4.72 Å². The Balaban J connectivity index is 2.40. The van der Waals surface area contributed by atoms with Crippen molar-refractivity contribution in [2.24, 2.45) is 0 Å². The molecular weight excluding hydrogens is 170 g/mol. The topological polar surface area (TPSA) is 83.5 Å². The van der Waals surface area contributed by atoms with Crippen molar-refractivity contribution in [3.8, 4) is 0 Å². The monoisotopic (exact) mass is 179 g/mol. The van der Waals surface area contributed by atoms with Crippen LogP contribution in [0.2, 0.25) is 0 Å².